The number of nitrogens with one attached hydrogen (secondary N) is 1. The molecule has 1 fully saturated rings. The third-order valence-electron chi connectivity index (χ3n) is 3.49. The Morgan fingerprint density at radius 3 is 2.69 bits per heavy atom. The summed E-state index contributed by atoms with van der Waals surface area (Å²) < 4.78 is 1.04. The zero-order chi connectivity index (χ0) is 11.9. The number of halogens is 2. The van der Waals surface area contributed by atoms with Gasteiger partial charge < -0.3 is 5.32 Å². The second-order valence-electron chi connectivity index (χ2n) is 4.99. The number of hydrogen-bond donors (Lipinski definition) is 1. The largest absolute Gasteiger partial charge is 0.367 e. The van der Waals surface area contributed by atoms with Gasteiger partial charge in [-0.3, -0.25) is 0 Å². The minimum Gasteiger partial charge on any atom is -0.367 e. The van der Waals surface area contributed by atoms with Crippen LogP contribution in [-0.2, 0) is 0 Å². The van der Waals surface area contributed by atoms with E-state index in [1.807, 2.05) is 19.1 Å². The van der Waals surface area contributed by atoms with E-state index in [4.69, 9.17) is 11.6 Å². The molecule has 1 aliphatic carbocycles. The minimum atomic E-state index is 0.143. The fourth-order valence-corrected chi connectivity index (χ4v) is 2.47. The molecule has 1 aromatic heterocycles. The summed E-state index contributed by atoms with van der Waals surface area (Å²) in [5.74, 6) is 0.933. The van der Waals surface area contributed by atoms with Crippen molar-refractivity contribution in [2.24, 2.45) is 5.41 Å². The molecule has 2 unspecified atom stereocenters. The smallest absolute Gasteiger partial charge is 0.126 e. The fraction of sp³-hybridized carbons (Fsp3) is 0.583. The van der Waals surface area contributed by atoms with Crippen LogP contribution in [0, 0.1) is 12.3 Å². The monoisotopic (exact) mass is 302 g/mol. The molecule has 1 aromatic rings. The number of alkyl halides is 1. The van der Waals surface area contributed by atoms with E-state index in [0.29, 0.717) is 6.04 Å². The first-order valence-electron chi connectivity index (χ1n) is 5.45. The molecule has 2 rings (SSSR count). The van der Waals surface area contributed by atoms with Crippen molar-refractivity contribution in [2.45, 2.75) is 38.6 Å². The summed E-state index contributed by atoms with van der Waals surface area (Å²) in [7, 11) is 0. The molecule has 0 amide bonds. The Kier molecular flexibility index (Phi) is 3.19. The molecule has 1 N–H and O–H groups in total. The van der Waals surface area contributed by atoms with Crippen LogP contribution in [0.4, 0.5) is 5.82 Å². The molecule has 2 nitrogen and oxygen atoms in total. The first-order valence-corrected chi connectivity index (χ1v) is 6.68. The van der Waals surface area contributed by atoms with E-state index < -0.39 is 0 Å². The van der Waals surface area contributed by atoms with Gasteiger partial charge in [-0.15, -0.1) is 11.6 Å². The van der Waals surface area contributed by atoms with Gasteiger partial charge in [0, 0.05) is 21.3 Å². The Balaban J connectivity index is 2.08. The fourth-order valence-electron chi connectivity index (χ4n) is 1.92. The lowest BCUT2D eigenvalue weighted by atomic mass is 9.67. The highest BCUT2D eigenvalue weighted by molar-refractivity contribution is 9.10. The number of aromatic nitrogens is 1. The van der Waals surface area contributed by atoms with E-state index in [0.717, 1.165) is 22.4 Å². The van der Waals surface area contributed by atoms with E-state index in [1.54, 1.807) is 0 Å². The van der Waals surface area contributed by atoms with E-state index in [-0.39, 0.29) is 10.8 Å². The zero-order valence-corrected chi connectivity index (χ0v) is 12.1. The Hall–Kier alpha value is -0.280. The van der Waals surface area contributed by atoms with Crippen LogP contribution in [0.3, 0.4) is 0 Å². The first kappa shape index (κ1) is 12.2. The maximum atomic E-state index is 6.19. The molecule has 0 bridgehead atoms. The van der Waals surface area contributed by atoms with Gasteiger partial charge in [-0.1, -0.05) is 13.8 Å². The standard InChI is InChI=1S/C12H16BrClN2/c1-7-8(13)4-5-11(15-7)16-10-6-9(14)12(10,2)3/h4-5,9-10H,6H2,1-3H3,(H,15,16). The van der Waals surface area contributed by atoms with Crippen molar-refractivity contribution in [3.05, 3.63) is 22.3 Å². The summed E-state index contributed by atoms with van der Waals surface area (Å²) >= 11 is 9.64. The molecule has 1 aliphatic rings. The van der Waals surface area contributed by atoms with Gasteiger partial charge >= 0.3 is 0 Å². The van der Waals surface area contributed by atoms with Gasteiger partial charge in [0.2, 0.25) is 0 Å². The van der Waals surface area contributed by atoms with Crippen LogP contribution >= 0.6 is 27.5 Å². The van der Waals surface area contributed by atoms with Crippen LogP contribution < -0.4 is 5.32 Å². The van der Waals surface area contributed by atoms with Crippen LogP contribution in [0.2, 0.25) is 0 Å². The van der Waals surface area contributed by atoms with Crippen molar-refractivity contribution in [1.82, 2.24) is 4.98 Å². The second kappa shape index (κ2) is 4.19. The van der Waals surface area contributed by atoms with Crippen molar-refractivity contribution < 1.29 is 0 Å². The maximum Gasteiger partial charge on any atom is 0.126 e. The summed E-state index contributed by atoms with van der Waals surface area (Å²) in [6.07, 6.45) is 1.01. The average molecular weight is 304 g/mol. The molecule has 2 atom stereocenters. The molecule has 0 aromatic carbocycles. The van der Waals surface area contributed by atoms with Gasteiger partial charge in [0.25, 0.3) is 0 Å². The lowest BCUT2D eigenvalue weighted by Gasteiger charge is -2.49. The SMILES string of the molecule is Cc1nc(NC2CC(Cl)C2(C)C)ccc1Br. The molecule has 88 valence electrons. The van der Waals surface area contributed by atoms with Crippen molar-refractivity contribution in [1.29, 1.82) is 0 Å². The molecule has 4 heteroatoms. The summed E-state index contributed by atoms with van der Waals surface area (Å²) in [6.45, 7) is 6.38. The predicted octanol–water partition coefficient (Wildman–Crippen LogP) is 3.97. The molecular weight excluding hydrogens is 288 g/mol. The van der Waals surface area contributed by atoms with Gasteiger partial charge in [-0.05, 0) is 41.4 Å². The molecule has 0 spiro atoms. The summed E-state index contributed by atoms with van der Waals surface area (Å²) in [4.78, 5) is 4.48. The van der Waals surface area contributed by atoms with E-state index in [1.165, 1.54) is 0 Å². The number of pyridine rings is 1. The normalized spacial score (nSPS) is 27.3. The molecule has 1 saturated carbocycles. The zero-order valence-electron chi connectivity index (χ0n) is 9.72. The Labute approximate surface area is 110 Å². The van der Waals surface area contributed by atoms with Crippen molar-refractivity contribution in [3.8, 4) is 0 Å². The quantitative estimate of drug-likeness (QED) is 0.836. The van der Waals surface area contributed by atoms with Gasteiger partial charge in [-0.2, -0.15) is 0 Å². The molecular formula is C12H16BrClN2. The van der Waals surface area contributed by atoms with Gasteiger partial charge in [0.1, 0.15) is 5.82 Å². The Bertz CT molecular complexity index is 406. The third kappa shape index (κ3) is 2.07. The van der Waals surface area contributed by atoms with Crippen LogP contribution in [0.15, 0.2) is 16.6 Å². The maximum absolute atomic E-state index is 6.19. The molecule has 0 radical (unpaired) electrons. The van der Waals surface area contributed by atoms with Crippen LogP contribution in [0.1, 0.15) is 26.0 Å². The topological polar surface area (TPSA) is 24.9 Å². The lowest BCUT2D eigenvalue weighted by Crippen LogP contribution is -2.54. The summed E-state index contributed by atoms with van der Waals surface area (Å²) in [6, 6.07) is 4.44. The number of anilines is 1. The van der Waals surface area contributed by atoms with Crippen molar-refractivity contribution in [3.63, 3.8) is 0 Å². The molecule has 0 saturated heterocycles. The van der Waals surface area contributed by atoms with E-state index >= 15 is 0 Å². The number of nitrogens with zero attached hydrogens (tertiary/aromatic N) is 1. The molecule has 1 heterocycles. The lowest BCUT2D eigenvalue weighted by molar-refractivity contribution is 0.168. The van der Waals surface area contributed by atoms with Crippen LogP contribution in [-0.4, -0.2) is 16.4 Å². The minimum absolute atomic E-state index is 0.143. The average Bonchev–Trinajstić information content (AvgIpc) is 2.23. The van der Waals surface area contributed by atoms with Crippen LogP contribution in [0.5, 0.6) is 0 Å². The van der Waals surface area contributed by atoms with Gasteiger partial charge in [-0.25, -0.2) is 4.98 Å². The van der Waals surface area contributed by atoms with E-state index in [2.05, 4.69) is 40.1 Å². The van der Waals surface area contributed by atoms with Gasteiger partial charge in [0.15, 0.2) is 0 Å². The highest BCUT2D eigenvalue weighted by atomic mass is 79.9. The Morgan fingerprint density at radius 2 is 2.19 bits per heavy atom. The highest BCUT2D eigenvalue weighted by Crippen LogP contribution is 2.45. The first-order chi connectivity index (χ1) is 7.41. The molecule has 0 aliphatic heterocycles. The number of hydrogen-bond acceptors (Lipinski definition) is 2. The molecule has 16 heavy (non-hydrogen) atoms. The van der Waals surface area contributed by atoms with Gasteiger partial charge in [0.05, 0.1) is 5.69 Å². The number of rotatable bonds is 2. The van der Waals surface area contributed by atoms with Crippen LogP contribution in [0.25, 0.3) is 0 Å². The van der Waals surface area contributed by atoms with E-state index in [9.17, 15) is 0 Å². The van der Waals surface area contributed by atoms with Crippen molar-refractivity contribution >= 4 is 33.3 Å². The predicted molar refractivity (Wildman–Crippen MR) is 72.1 cm³/mol. The summed E-state index contributed by atoms with van der Waals surface area (Å²) in [5.41, 5.74) is 1.15. The highest BCUT2D eigenvalue weighted by Gasteiger charge is 2.47. The third-order valence-corrected chi connectivity index (χ3v) is 5.07. The second-order valence-corrected chi connectivity index (χ2v) is 6.37. The number of aryl methyl sites for hydroxylation is 1. The Morgan fingerprint density at radius 1 is 1.50 bits per heavy atom. The van der Waals surface area contributed by atoms with Crippen molar-refractivity contribution in [2.75, 3.05) is 5.32 Å². The summed E-state index contributed by atoms with van der Waals surface area (Å²) in [5, 5.41) is 3.72.